The van der Waals surface area contributed by atoms with E-state index in [2.05, 4.69) is 17.0 Å². The van der Waals surface area contributed by atoms with Crippen molar-refractivity contribution in [2.45, 2.75) is 37.8 Å². The number of hydrogen-bond donors (Lipinski definition) is 0. The zero-order valence-electron chi connectivity index (χ0n) is 14.1. The van der Waals surface area contributed by atoms with Gasteiger partial charge in [0.1, 0.15) is 13.2 Å². The molecule has 4 rings (SSSR count). The molecule has 0 atom stereocenters. The van der Waals surface area contributed by atoms with Gasteiger partial charge in [-0.05, 0) is 37.0 Å². The van der Waals surface area contributed by atoms with Gasteiger partial charge in [0, 0.05) is 26.1 Å². The molecule has 1 aromatic carbocycles. The molecule has 0 aromatic heterocycles. The number of hydroxylamine groups is 2. The molecule has 0 saturated carbocycles. The Kier molecular flexibility index (Phi) is 4.10. The Balaban J connectivity index is 1.39. The maximum absolute atomic E-state index is 11.9. The van der Waals surface area contributed by atoms with Crippen LogP contribution >= 0.6 is 0 Å². The highest BCUT2D eigenvalue weighted by atomic mass is 16.7. The van der Waals surface area contributed by atoms with E-state index in [9.17, 15) is 4.79 Å². The van der Waals surface area contributed by atoms with Crippen molar-refractivity contribution in [3.05, 3.63) is 23.8 Å². The van der Waals surface area contributed by atoms with Crippen LogP contribution in [0.2, 0.25) is 0 Å². The van der Waals surface area contributed by atoms with Crippen molar-refractivity contribution in [3.8, 4) is 11.5 Å². The monoisotopic (exact) mass is 332 g/mol. The molecule has 0 N–H and O–H groups in total. The summed E-state index contributed by atoms with van der Waals surface area (Å²) in [7, 11) is 1.60. The second-order valence-corrected chi connectivity index (χ2v) is 6.85. The predicted octanol–water partition coefficient (Wildman–Crippen LogP) is 1.98. The summed E-state index contributed by atoms with van der Waals surface area (Å²) in [5, 5.41) is 1.63. The SMILES string of the molecule is CON1C(=O)CCC12CCN(Cc1ccc3c(c1)OCCO3)CC2. The lowest BCUT2D eigenvalue weighted by molar-refractivity contribution is -0.202. The number of piperidine rings is 1. The van der Waals surface area contributed by atoms with Crippen molar-refractivity contribution in [1.29, 1.82) is 0 Å². The van der Waals surface area contributed by atoms with Crippen LogP contribution in [-0.4, -0.2) is 54.8 Å². The lowest BCUT2D eigenvalue weighted by Gasteiger charge is -2.43. The Hall–Kier alpha value is -1.79. The number of benzene rings is 1. The van der Waals surface area contributed by atoms with Crippen LogP contribution in [0.1, 0.15) is 31.2 Å². The van der Waals surface area contributed by atoms with Gasteiger partial charge in [0.2, 0.25) is 5.91 Å². The lowest BCUT2D eigenvalue weighted by Crippen LogP contribution is -2.52. The van der Waals surface area contributed by atoms with Gasteiger partial charge in [0.15, 0.2) is 11.5 Å². The van der Waals surface area contributed by atoms with E-state index in [0.29, 0.717) is 19.6 Å². The second-order valence-electron chi connectivity index (χ2n) is 6.85. The molecule has 3 aliphatic rings. The third kappa shape index (κ3) is 2.74. The predicted molar refractivity (Wildman–Crippen MR) is 87.8 cm³/mol. The molecular weight excluding hydrogens is 308 g/mol. The van der Waals surface area contributed by atoms with Gasteiger partial charge in [-0.2, -0.15) is 0 Å². The van der Waals surface area contributed by atoms with Crippen molar-refractivity contribution in [2.75, 3.05) is 33.4 Å². The minimum atomic E-state index is -0.0882. The third-order valence-corrected chi connectivity index (χ3v) is 5.44. The van der Waals surface area contributed by atoms with E-state index in [1.807, 2.05) is 6.07 Å². The Morgan fingerprint density at radius 2 is 1.88 bits per heavy atom. The summed E-state index contributed by atoms with van der Waals surface area (Å²) in [5.41, 5.74) is 1.15. The molecule has 6 heteroatoms. The van der Waals surface area contributed by atoms with Crippen molar-refractivity contribution in [2.24, 2.45) is 0 Å². The first-order valence-corrected chi connectivity index (χ1v) is 8.68. The van der Waals surface area contributed by atoms with E-state index in [-0.39, 0.29) is 11.4 Å². The summed E-state index contributed by atoms with van der Waals surface area (Å²) in [6.45, 7) is 4.08. The van der Waals surface area contributed by atoms with Crippen molar-refractivity contribution in [3.63, 3.8) is 0 Å². The number of amides is 1. The summed E-state index contributed by atoms with van der Waals surface area (Å²) < 4.78 is 11.2. The van der Waals surface area contributed by atoms with Crippen molar-refractivity contribution < 1.29 is 19.1 Å². The fraction of sp³-hybridized carbons (Fsp3) is 0.611. The van der Waals surface area contributed by atoms with Gasteiger partial charge in [-0.25, -0.2) is 5.06 Å². The van der Waals surface area contributed by atoms with E-state index >= 15 is 0 Å². The summed E-state index contributed by atoms with van der Waals surface area (Å²) in [4.78, 5) is 19.8. The molecule has 2 saturated heterocycles. The van der Waals surface area contributed by atoms with E-state index in [1.54, 1.807) is 12.2 Å². The molecule has 24 heavy (non-hydrogen) atoms. The van der Waals surface area contributed by atoms with Crippen LogP contribution in [0.3, 0.4) is 0 Å². The number of hydrogen-bond acceptors (Lipinski definition) is 5. The minimum Gasteiger partial charge on any atom is -0.486 e. The van der Waals surface area contributed by atoms with Crippen LogP contribution in [0, 0.1) is 0 Å². The molecule has 6 nitrogen and oxygen atoms in total. The maximum Gasteiger partial charge on any atom is 0.246 e. The Labute approximate surface area is 142 Å². The van der Waals surface area contributed by atoms with Gasteiger partial charge < -0.3 is 9.47 Å². The van der Waals surface area contributed by atoms with Crippen molar-refractivity contribution in [1.82, 2.24) is 9.96 Å². The lowest BCUT2D eigenvalue weighted by atomic mass is 9.86. The molecule has 1 spiro atoms. The molecule has 0 unspecified atom stereocenters. The molecule has 0 radical (unpaired) electrons. The first-order chi connectivity index (χ1) is 11.7. The van der Waals surface area contributed by atoms with Crippen LogP contribution in [0.15, 0.2) is 18.2 Å². The molecule has 2 fully saturated rings. The molecule has 1 amide bonds. The molecular formula is C18H24N2O4. The van der Waals surface area contributed by atoms with Crippen LogP contribution < -0.4 is 9.47 Å². The van der Waals surface area contributed by atoms with E-state index in [4.69, 9.17) is 14.3 Å². The number of ether oxygens (including phenoxy) is 2. The van der Waals surface area contributed by atoms with Gasteiger partial charge >= 0.3 is 0 Å². The quantitative estimate of drug-likeness (QED) is 0.847. The normalized spacial score (nSPS) is 23.0. The highest BCUT2D eigenvalue weighted by Gasteiger charge is 2.47. The summed E-state index contributed by atoms with van der Waals surface area (Å²) in [6.07, 6.45) is 3.46. The van der Waals surface area contributed by atoms with Crippen molar-refractivity contribution >= 4 is 5.91 Å². The number of rotatable bonds is 3. The molecule has 0 aliphatic carbocycles. The van der Waals surface area contributed by atoms with Gasteiger partial charge in [-0.15, -0.1) is 0 Å². The topological polar surface area (TPSA) is 51.2 Å². The summed E-state index contributed by atoms with van der Waals surface area (Å²) in [5.74, 6) is 1.81. The third-order valence-electron chi connectivity index (χ3n) is 5.44. The minimum absolute atomic E-state index is 0.0882. The number of nitrogens with zero attached hydrogens (tertiary/aromatic N) is 2. The smallest absolute Gasteiger partial charge is 0.246 e. The van der Waals surface area contributed by atoms with Gasteiger partial charge in [-0.1, -0.05) is 6.07 Å². The molecule has 130 valence electrons. The zero-order valence-corrected chi connectivity index (χ0v) is 14.1. The maximum atomic E-state index is 11.9. The first-order valence-electron chi connectivity index (χ1n) is 8.68. The fourth-order valence-electron chi connectivity index (χ4n) is 4.13. The number of fused-ring (bicyclic) bond motifs is 1. The number of carbonyl (C=O) groups is 1. The number of carbonyl (C=O) groups excluding carboxylic acids is 1. The number of likely N-dealkylation sites (tertiary alicyclic amines) is 1. The second kappa shape index (κ2) is 6.26. The highest BCUT2D eigenvalue weighted by molar-refractivity contribution is 5.78. The molecule has 1 aromatic rings. The standard InChI is InChI=1S/C18H24N2O4/c1-22-20-17(21)4-5-18(20)6-8-19(9-7-18)13-14-2-3-15-16(12-14)24-11-10-23-15/h2-3,12H,4-11,13H2,1H3. The van der Waals surface area contributed by atoms with Crippen LogP contribution in [-0.2, 0) is 16.2 Å². The van der Waals surface area contributed by atoms with Crippen LogP contribution in [0.25, 0.3) is 0 Å². The highest BCUT2D eigenvalue weighted by Crippen LogP contribution is 2.39. The fourth-order valence-corrected chi connectivity index (χ4v) is 4.13. The molecule has 3 aliphatic heterocycles. The average Bonchev–Trinajstić information content (AvgIpc) is 2.92. The van der Waals surface area contributed by atoms with Crippen LogP contribution in [0.5, 0.6) is 11.5 Å². The van der Waals surface area contributed by atoms with Crippen LogP contribution in [0.4, 0.5) is 0 Å². The molecule has 3 heterocycles. The van der Waals surface area contributed by atoms with E-state index in [0.717, 1.165) is 50.4 Å². The average molecular weight is 332 g/mol. The molecule has 0 bridgehead atoms. The van der Waals surface area contributed by atoms with E-state index < -0.39 is 0 Å². The summed E-state index contributed by atoms with van der Waals surface area (Å²) >= 11 is 0. The Morgan fingerprint density at radius 1 is 1.12 bits per heavy atom. The van der Waals surface area contributed by atoms with E-state index in [1.165, 1.54) is 5.56 Å². The first kappa shape index (κ1) is 15.7. The van der Waals surface area contributed by atoms with Gasteiger partial charge in [0.25, 0.3) is 0 Å². The van der Waals surface area contributed by atoms with Gasteiger partial charge in [0.05, 0.1) is 12.6 Å². The Bertz CT molecular complexity index is 625. The Morgan fingerprint density at radius 3 is 2.62 bits per heavy atom. The zero-order chi connectivity index (χ0) is 16.6. The van der Waals surface area contributed by atoms with Gasteiger partial charge in [-0.3, -0.25) is 14.5 Å². The largest absolute Gasteiger partial charge is 0.486 e. The summed E-state index contributed by atoms with van der Waals surface area (Å²) in [6, 6.07) is 6.19.